The molecule has 78 valence electrons. The summed E-state index contributed by atoms with van der Waals surface area (Å²) >= 11 is 7.09. The van der Waals surface area contributed by atoms with Crippen LogP contribution in [0.4, 0.5) is 5.69 Å². The van der Waals surface area contributed by atoms with E-state index in [1.807, 2.05) is 23.6 Å². The van der Waals surface area contributed by atoms with Gasteiger partial charge in [-0.15, -0.1) is 22.9 Å². The van der Waals surface area contributed by atoms with Crippen LogP contribution < -0.4 is 5.73 Å². The average Bonchev–Trinajstić information content (AvgIpc) is 2.60. The number of Topliss-reactive ketones (excluding diaryl/α,β-unsaturated/α-hetero) is 1. The summed E-state index contributed by atoms with van der Waals surface area (Å²) < 4.78 is 1.05. The van der Waals surface area contributed by atoms with Crippen molar-refractivity contribution in [1.29, 1.82) is 0 Å². The summed E-state index contributed by atoms with van der Waals surface area (Å²) in [5.74, 6) is 0.464. The number of nitrogen functional groups attached to an aromatic ring is 1. The van der Waals surface area contributed by atoms with Crippen molar-refractivity contribution in [3.05, 3.63) is 29.1 Å². The highest BCUT2D eigenvalue weighted by Crippen LogP contribution is 2.28. The molecule has 2 N–H and O–H groups in total. The van der Waals surface area contributed by atoms with Crippen LogP contribution in [0.1, 0.15) is 16.8 Å². The molecule has 0 saturated heterocycles. The van der Waals surface area contributed by atoms with Gasteiger partial charge in [-0.1, -0.05) is 6.07 Å². The minimum atomic E-state index is 0.0982. The second-order valence-corrected chi connectivity index (χ2v) is 4.56. The molecule has 0 unspecified atom stereocenters. The van der Waals surface area contributed by atoms with E-state index in [9.17, 15) is 4.79 Å². The van der Waals surface area contributed by atoms with Crippen molar-refractivity contribution in [1.82, 2.24) is 0 Å². The third-order valence-electron chi connectivity index (χ3n) is 2.22. The predicted molar refractivity (Wildman–Crippen MR) is 65.9 cm³/mol. The summed E-state index contributed by atoms with van der Waals surface area (Å²) in [6, 6.07) is 5.59. The number of carbonyl (C=O) groups is 1. The van der Waals surface area contributed by atoms with Crippen molar-refractivity contribution in [3.63, 3.8) is 0 Å². The fourth-order valence-electron chi connectivity index (χ4n) is 1.48. The number of thiophene rings is 1. The fraction of sp³-hybridized carbons (Fsp3) is 0.182. The normalized spacial score (nSPS) is 10.7. The molecule has 0 bridgehead atoms. The molecule has 15 heavy (non-hydrogen) atoms. The summed E-state index contributed by atoms with van der Waals surface area (Å²) in [6.45, 7) is 0. The van der Waals surface area contributed by atoms with E-state index in [2.05, 4.69) is 0 Å². The number of hydrogen-bond acceptors (Lipinski definition) is 3. The molecule has 2 rings (SSSR count). The van der Waals surface area contributed by atoms with Crippen LogP contribution >= 0.6 is 22.9 Å². The standard InChI is InChI=1S/C11H10ClNOS/c12-4-3-10(14)9-6-15-11-5-7(13)1-2-8(9)11/h1-2,5-6H,3-4,13H2. The zero-order valence-electron chi connectivity index (χ0n) is 8.00. The Bertz CT molecular complexity index is 506. The first-order valence-electron chi connectivity index (χ1n) is 4.58. The maximum Gasteiger partial charge on any atom is 0.165 e. The highest BCUT2D eigenvalue weighted by Gasteiger charge is 2.11. The minimum absolute atomic E-state index is 0.0982. The number of fused-ring (bicyclic) bond motifs is 1. The molecule has 4 heteroatoms. The molecule has 0 radical (unpaired) electrons. The zero-order valence-corrected chi connectivity index (χ0v) is 9.57. The molecule has 2 aromatic rings. The lowest BCUT2D eigenvalue weighted by molar-refractivity contribution is 0.0991. The van der Waals surface area contributed by atoms with E-state index in [1.54, 1.807) is 0 Å². The topological polar surface area (TPSA) is 43.1 Å². The highest BCUT2D eigenvalue weighted by molar-refractivity contribution is 7.17. The van der Waals surface area contributed by atoms with E-state index in [0.717, 1.165) is 21.3 Å². The van der Waals surface area contributed by atoms with Crippen molar-refractivity contribution < 1.29 is 4.79 Å². The third kappa shape index (κ3) is 1.98. The van der Waals surface area contributed by atoms with E-state index in [1.165, 1.54) is 11.3 Å². The molecular weight excluding hydrogens is 230 g/mol. The van der Waals surface area contributed by atoms with Gasteiger partial charge in [-0.3, -0.25) is 4.79 Å². The number of halogens is 1. The maximum absolute atomic E-state index is 11.7. The molecule has 0 fully saturated rings. The molecule has 1 heterocycles. The molecule has 0 amide bonds. The van der Waals surface area contributed by atoms with Crippen molar-refractivity contribution in [2.24, 2.45) is 0 Å². The van der Waals surface area contributed by atoms with E-state index < -0.39 is 0 Å². The lowest BCUT2D eigenvalue weighted by atomic mass is 10.1. The highest BCUT2D eigenvalue weighted by atomic mass is 35.5. The molecule has 1 aromatic heterocycles. The Kier molecular flexibility index (Phi) is 2.93. The van der Waals surface area contributed by atoms with E-state index >= 15 is 0 Å². The van der Waals surface area contributed by atoms with Gasteiger partial charge in [0.1, 0.15) is 0 Å². The number of nitrogens with two attached hydrogens (primary N) is 1. The van der Waals surface area contributed by atoms with Gasteiger partial charge in [0.2, 0.25) is 0 Å². The Morgan fingerprint density at radius 1 is 1.47 bits per heavy atom. The number of anilines is 1. The van der Waals surface area contributed by atoms with Crippen molar-refractivity contribution in [2.45, 2.75) is 6.42 Å². The second kappa shape index (κ2) is 4.21. The minimum Gasteiger partial charge on any atom is -0.399 e. The fourth-order valence-corrected chi connectivity index (χ4v) is 2.67. The predicted octanol–water partition coefficient (Wildman–Crippen LogP) is 3.30. The molecule has 2 nitrogen and oxygen atoms in total. The monoisotopic (exact) mass is 239 g/mol. The number of carbonyl (C=O) groups excluding carboxylic acids is 1. The number of benzene rings is 1. The van der Waals surface area contributed by atoms with Gasteiger partial charge in [-0.05, 0) is 12.1 Å². The summed E-state index contributed by atoms with van der Waals surface area (Å²) in [6.07, 6.45) is 0.387. The first-order valence-corrected chi connectivity index (χ1v) is 5.99. The maximum atomic E-state index is 11.7. The Hall–Kier alpha value is -1.06. The number of hydrogen-bond donors (Lipinski definition) is 1. The Morgan fingerprint density at radius 3 is 3.00 bits per heavy atom. The van der Waals surface area contributed by atoms with Crippen LogP contribution in [0.2, 0.25) is 0 Å². The molecule has 1 aromatic carbocycles. The first-order chi connectivity index (χ1) is 7.22. The molecule has 0 aliphatic carbocycles. The van der Waals surface area contributed by atoms with E-state index in [-0.39, 0.29) is 5.78 Å². The number of rotatable bonds is 3. The molecule has 0 saturated carbocycles. The van der Waals surface area contributed by atoms with Crippen molar-refractivity contribution >= 4 is 44.5 Å². The average molecular weight is 240 g/mol. The van der Waals surface area contributed by atoms with Crippen molar-refractivity contribution in [3.8, 4) is 0 Å². The van der Waals surface area contributed by atoms with Crippen LogP contribution in [0.15, 0.2) is 23.6 Å². The molecular formula is C11H10ClNOS. The van der Waals surface area contributed by atoms with Crippen LogP contribution in [0.3, 0.4) is 0 Å². The first kappa shape index (κ1) is 10.5. The molecule has 0 aliphatic heterocycles. The number of ketones is 1. The summed E-state index contributed by atoms with van der Waals surface area (Å²) in [7, 11) is 0. The van der Waals surface area contributed by atoms with Gasteiger partial charge in [0, 0.05) is 39.0 Å². The van der Waals surface area contributed by atoms with E-state index in [4.69, 9.17) is 17.3 Å². The van der Waals surface area contributed by atoms with Gasteiger partial charge >= 0.3 is 0 Å². The van der Waals surface area contributed by atoms with Crippen LogP contribution in [0.25, 0.3) is 10.1 Å². The van der Waals surface area contributed by atoms with Gasteiger partial charge in [0.15, 0.2) is 5.78 Å². The van der Waals surface area contributed by atoms with Crippen LogP contribution in [-0.4, -0.2) is 11.7 Å². The smallest absolute Gasteiger partial charge is 0.165 e. The van der Waals surface area contributed by atoms with Crippen LogP contribution in [0, 0.1) is 0 Å². The lowest BCUT2D eigenvalue weighted by Crippen LogP contribution is -1.98. The largest absolute Gasteiger partial charge is 0.399 e. The van der Waals surface area contributed by atoms with Crippen molar-refractivity contribution in [2.75, 3.05) is 11.6 Å². The summed E-state index contributed by atoms with van der Waals surface area (Å²) in [5, 5.41) is 2.85. The molecule has 0 aliphatic rings. The summed E-state index contributed by atoms with van der Waals surface area (Å²) in [5.41, 5.74) is 7.15. The SMILES string of the molecule is Nc1ccc2c(C(=O)CCCl)csc2c1. The van der Waals surface area contributed by atoms with Gasteiger partial charge in [-0.2, -0.15) is 0 Å². The molecule has 0 spiro atoms. The molecule has 0 atom stereocenters. The quantitative estimate of drug-likeness (QED) is 0.507. The van der Waals surface area contributed by atoms with Gasteiger partial charge in [0.25, 0.3) is 0 Å². The Balaban J connectivity index is 2.49. The van der Waals surface area contributed by atoms with Gasteiger partial charge < -0.3 is 5.73 Å². The van der Waals surface area contributed by atoms with Crippen LogP contribution in [0.5, 0.6) is 0 Å². The van der Waals surface area contributed by atoms with E-state index in [0.29, 0.717) is 12.3 Å². The van der Waals surface area contributed by atoms with Crippen LogP contribution in [-0.2, 0) is 0 Å². The van der Waals surface area contributed by atoms with Gasteiger partial charge in [0.05, 0.1) is 0 Å². The Morgan fingerprint density at radius 2 is 2.27 bits per heavy atom. The second-order valence-electron chi connectivity index (χ2n) is 3.27. The zero-order chi connectivity index (χ0) is 10.8. The number of alkyl halides is 1. The lowest BCUT2D eigenvalue weighted by Gasteiger charge is -1.97. The summed E-state index contributed by atoms with van der Waals surface area (Å²) in [4.78, 5) is 11.7. The van der Waals surface area contributed by atoms with Gasteiger partial charge in [-0.25, -0.2) is 0 Å². The third-order valence-corrected chi connectivity index (χ3v) is 3.36. The Labute approximate surface area is 96.7 Å².